The summed E-state index contributed by atoms with van der Waals surface area (Å²) in [5, 5.41) is 12.0. The molecule has 3 aromatic carbocycles. The summed E-state index contributed by atoms with van der Waals surface area (Å²) in [5.41, 5.74) is 1.11. The van der Waals surface area contributed by atoms with Crippen LogP contribution >= 0.6 is 0 Å². The van der Waals surface area contributed by atoms with E-state index in [1.165, 1.54) is 10.4 Å². The molecule has 0 amide bonds. The summed E-state index contributed by atoms with van der Waals surface area (Å²) in [7, 11) is -2.65. The molecular formula is C31H37NO3Si. The van der Waals surface area contributed by atoms with E-state index in [1.54, 1.807) is 0 Å². The fraction of sp³-hybridized carbons (Fsp3) is 0.387. The summed E-state index contributed by atoms with van der Waals surface area (Å²) in [6.07, 6.45) is 0.162. The summed E-state index contributed by atoms with van der Waals surface area (Å²) < 4.78 is 19.7. The zero-order valence-electron chi connectivity index (χ0n) is 22.0. The van der Waals surface area contributed by atoms with Gasteiger partial charge in [-0.25, -0.2) is 0 Å². The van der Waals surface area contributed by atoms with Gasteiger partial charge in [0.1, 0.15) is 0 Å². The predicted molar refractivity (Wildman–Crippen MR) is 147 cm³/mol. The average molecular weight is 500 g/mol. The molecule has 4 nitrogen and oxygen atoms in total. The normalized spacial score (nSPS) is 19.0. The van der Waals surface area contributed by atoms with Gasteiger partial charge in [0, 0.05) is 17.6 Å². The Morgan fingerprint density at radius 1 is 0.861 bits per heavy atom. The molecule has 36 heavy (non-hydrogen) atoms. The van der Waals surface area contributed by atoms with Crippen molar-refractivity contribution in [2.24, 2.45) is 5.41 Å². The van der Waals surface area contributed by atoms with Crippen LogP contribution in [0.1, 0.15) is 58.5 Å². The molecule has 0 saturated carbocycles. The van der Waals surface area contributed by atoms with E-state index in [0.29, 0.717) is 18.8 Å². The first-order chi connectivity index (χ1) is 17.2. The standard InChI is InChI=1S/C31H37NO3Si/c1-30(2,3)36(25-15-8-6-9-16-25,26-17-10-7-11-18-26)34-23-31(4,5)28-20-21-33-29(35-28)27-19-13-12-14-24(27)22-32/h6-19,28-29H,20-21,23H2,1-5H3/t28-,29-/m0/s1. The molecule has 0 bridgehead atoms. The zero-order chi connectivity index (χ0) is 25.8. The van der Waals surface area contributed by atoms with Crippen LogP contribution in [0.2, 0.25) is 5.04 Å². The van der Waals surface area contributed by atoms with E-state index >= 15 is 0 Å². The highest BCUT2D eigenvalue weighted by Crippen LogP contribution is 2.40. The van der Waals surface area contributed by atoms with Gasteiger partial charge in [0.05, 0.1) is 24.3 Å². The number of nitrogens with zero attached hydrogens (tertiary/aromatic N) is 1. The van der Waals surface area contributed by atoms with Gasteiger partial charge in [0.15, 0.2) is 6.29 Å². The number of ether oxygens (including phenoxy) is 2. The maximum Gasteiger partial charge on any atom is 0.261 e. The fourth-order valence-corrected chi connectivity index (χ4v) is 9.97. The molecule has 0 unspecified atom stereocenters. The molecule has 3 aromatic rings. The van der Waals surface area contributed by atoms with Crippen molar-refractivity contribution in [3.8, 4) is 6.07 Å². The smallest absolute Gasteiger partial charge is 0.261 e. The van der Waals surface area contributed by atoms with Gasteiger partial charge in [-0.05, 0) is 27.9 Å². The molecule has 5 heteroatoms. The molecule has 0 spiro atoms. The lowest BCUT2D eigenvalue weighted by atomic mass is 9.85. The molecule has 0 aromatic heterocycles. The number of hydrogen-bond donors (Lipinski definition) is 0. The third-order valence-corrected chi connectivity index (χ3v) is 12.2. The fourth-order valence-electron chi connectivity index (χ4n) is 5.23. The molecule has 0 N–H and O–H groups in total. The quantitative estimate of drug-likeness (QED) is 0.376. The Morgan fingerprint density at radius 3 is 1.97 bits per heavy atom. The summed E-state index contributed by atoms with van der Waals surface area (Å²) in [6.45, 7) is 12.5. The molecule has 1 fully saturated rings. The third kappa shape index (κ3) is 5.19. The number of benzene rings is 3. The molecule has 1 aliphatic rings. The Hall–Kier alpha value is -2.75. The highest BCUT2D eigenvalue weighted by Gasteiger charge is 2.51. The van der Waals surface area contributed by atoms with E-state index < -0.39 is 14.6 Å². The van der Waals surface area contributed by atoms with Crippen molar-refractivity contribution in [2.45, 2.75) is 58.5 Å². The van der Waals surface area contributed by atoms with Gasteiger partial charge in [0.2, 0.25) is 0 Å². The minimum Gasteiger partial charge on any atom is -0.407 e. The Balaban J connectivity index is 1.64. The molecule has 2 atom stereocenters. The van der Waals surface area contributed by atoms with Gasteiger partial charge < -0.3 is 13.9 Å². The SMILES string of the molecule is CC(C)(CO[Si](c1ccccc1)(c1ccccc1)C(C)(C)C)[C@@H]1CCO[C@H](c2ccccc2C#N)O1. The Bertz CT molecular complexity index is 1140. The van der Waals surface area contributed by atoms with E-state index in [-0.39, 0.29) is 16.6 Å². The monoisotopic (exact) mass is 499 g/mol. The van der Waals surface area contributed by atoms with Crippen LogP contribution in [0.15, 0.2) is 84.9 Å². The number of rotatable bonds is 7. The van der Waals surface area contributed by atoms with Crippen molar-refractivity contribution in [2.75, 3.05) is 13.2 Å². The largest absolute Gasteiger partial charge is 0.407 e. The first-order valence-electron chi connectivity index (χ1n) is 12.7. The van der Waals surface area contributed by atoms with Crippen LogP contribution in [0.25, 0.3) is 0 Å². The van der Waals surface area contributed by atoms with E-state index in [9.17, 15) is 5.26 Å². The van der Waals surface area contributed by atoms with Crippen LogP contribution in [0.5, 0.6) is 0 Å². The highest BCUT2D eigenvalue weighted by atomic mass is 28.4. The summed E-state index contributed by atoms with van der Waals surface area (Å²) >= 11 is 0. The first kappa shape index (κ1) is 26.3. The van der Waals surface area contributed by atoms with Gasteiger partial charge >= 0.3 is 0 Å². The van der Waals surface area contributed by atoms with Gasteiger partial charge in [0.25, 0.3) is 8.32 Å². The Morgan fingerprint density at radius 2 is 1.42 bits per heavy atom. The van der Waals surface area contributed by atoms with E-state index in [4.69, 9.17) is 13.9 Å². The van der Waals surface area contributed by atoms with Gasteiger partial charge in [-0.15, -0.1) is 0 Å². The lowest BCUT2D eigenvalue weighted by molar-refractivity contribution is -0.244. The van der Waals surface area contributed by atoms with Crippen LogP contribution in [-0.2, 0) is 13.9 Å². The predicted octanol–water partition coefficient (Wildman–Crippen LogP) is 5.97. The molecular weight excluding hydrogens is 462 g/mol. The number of hydrogen-bond acceptors (Lipinski definition) is 4. The molecule has 188 valence electrons. The van der Waals surface area contributed by atoms with Crippen molar-refractivity contribution in [3.63, 3.8) is 0 Å². The molecule has 1 heterocycles. The van der Waals surface area contributed by atoms with Crippen molar-refractivity contribution < 1.29 is 13.9 Å². The summed E-state index contributed by atoms with van der Waals surface area (Å²) in [4.78, 5) is 0. The number of nitriles is 1. The molecule has 0 aliphatic carbocycles. The van der Waals surface area contributed by atoms with Gasteiger partial charge in [-0.2, -0.15) is 5.26 Å². The minimum atomic E-state index is -2.65. The lowest BCUT2D eigenvalue weighted by Gasteiger charge is -2.46. The first-order valence-corrected chi connectivity index (χ1v) is 14.6. The van der Waals surface area contributed by atoms with Crippen LogP contribution in [-0.4, -0.2) is 27.6 Å². The third-order valence-electron chi connectivity index (χ3n) is 7.22. The highest BCUT2D eigenvalue weighted by molar-refractivity contribution is 6.99. The van der Waals surface area contributed by atoms with Crippen molar-refractivity contribution in [3.05, 3.63) is 96.1 Å². The molecule has 1 aliphatic heterocycles. The second-order valence-corrected chi connectivity index (χ2v) is 15.6. The van der Waals surface area contributed by atoms with Crippen LogP contribution < -0.4 is 10.4 Å². The second-order valence-electron chi connectivity index (χ2n) is 11.3. The second kappa shape index (κ2) is 10.7. The summed E-state index contributed by atoms with van der Waals surface area (Å²) in [6, 6.07) is 31.2. The van der Waals surface area contributed by atoms with E-state index in [0.717, 1.165) is 12.0 Å². The minimum absolute atomic E-state index is 0.0683. The molecule has 4 rings (SSSR count). The van der Waals surface area contributed by atoms with Crippen LogP contribution in [0.4, 0.5) is 0 Å². The Labute approximate surface area is 217 Å². The topological polar surface area (TPSA) is 51.5 Å². The Kier molecular flexibility index (Phi) is 7.82. The van der Waals surface area contributed by atoms with Crippen molar-refractivity contribution in [1.29, 1.82) is 5.26 Å². The summed E-state index contributed by atoms with van der Waals surface area (Å²) in [5.74, 6) is 0. The maximum atomic E-state index is 9.56. The van der Waals surface area contributed by atoms with Gasteiger partial charge in [-0.1, -0.05) is 113 Å². The zero-order valence-corrected chi connectivity index (χ0v) is 23.0. The lowest BCUT2D eigenvalue weighted by Crippen LogP contribution is -2.67. The molecule has 0 radical (unpaired) electrons. The van der Waals surface area contributed by atoms with Crippen LogP contribution in [0, 0.1) is 16.7 Å². The van der Waals surface area contributed by atoms with Crippen molar-refractivity contribution >= 4 is 18.7 Å². The van der Waals surface area contributed by atoms with Gasteiger partial charge in [-0.3, -0.25) is 0 Å². The van der Waals surface area contributed by atoms with Crippen molar-refractivity contribution in [1.82, 2.24) is 0 Å². The van der Waals surface area contributed by atoms with E-state index in [1.807, 2.05) is 24.3 Å². The average Bonchev–Trinajstić information content (AvgIpc) is 2.89. The molecule has 1 saturated heterocycles. The maximum absolute atomic E-state index is 9.56. The van der Waals surface area contributed by atoms with E-state index in [2.05, 4.69) is 101 Å². The van der Waals surface area contributed by atoms with Crippen LogP contribution in [0.3, 0.4) is 0 Å².